The van der Waals surface area contributed by atoms with Crippen LogP contribution in [0.4, 0.5) is 5.69 Å². The molecule has 0 aliphatic heterocycles. The summed E-state index contributed by atoms with van der Waals surface area (Å²) in [6, 6.07) is 13.6. The predicted octanol–water partition coefficient (Wildman–Crippen LogP) is 3.70. The van der Waals surface area contributed by atoms with Crippen LogP contribution in [0.2, 0.25) is 0 Å². The van der Waals surface area contributed by atoms with Crippen molar-refractivity contribution in [3.8, 4) is 0 Å². The number of nitrogens with one attached hydrogen (secondary N) is 1. The van der Waals surface area contributed by atoms with Gasteiger partial charge in [0.2, 0.25) is 0 Å². The van der Waals surface area contributed by atoms with Crippen molar-refractivity contribution in [2.45, 2.75) is 26.3 Å². The summed E-state index contributed by atoms with van der Waals surface area (Å²) in [5, 5.41) is 3.00. The number of rotatable bonds is 4. The fourth-order valence-electron chi connectivity index (χ4n) is 2.11. The van der Waals surface area contributed by atoms with Crippen molar-refractivity contribution < 1.29 is 4.79 Å². The molecule has 0 aliphatic rings. The van der Waals surface area contributed by atoms with E-state index in [0.717, 1.165) is 16.5 Å². The first-order valence-electron chi connectivity index (χ1n) is 6.87. The molecule has 2 rings (SSSR count). The van der Waals surface area contributed by atoms with Crippen molar-refractivity contribution in [3.05, 3.63) is 63.6 Å². The second kappa shape index (κ2) is 6.76. The number of anilines is 1. The molecule has 0 saturated heterocycles. The number of carbonyl (C=O) groups is 1. The van der Waals surface area contributed by atoms with Crippen molar-refractivity contribution >= 4 is 27.5 Å². The number of nitrogens with two attached hydrogens (primary N) is 1. The molecule has 0 spiro atoms. The van der Waals surface area contributed by atoms with Crippen LogP contribution in [0.15, 0.2) is 46.9 Å². The quantitative estimate of drug-likeness (QED) is 0.829. The van der Waals surface area contributed by atoms with Gasteiger partial charge in [0.05, 0.1) is 0 Å². The van der Waals surface area contributed by atoms with E-state index in [-0.39, 0.29) is 11.9 Å². The molecule has 0 heterocycles. The lowest BCUT2D eigenvalue weighted by molar-refractivity contribution is 0.0940. The first-order chi connectivity index (χ1) is 9.95. The maximum atomic E-state index is 12.2. The van der Waals surface area contributed by atoms with Gasteiger partial charge in [-0.2, -0.15) is 0 Å². The van der Waals surface area contributed by atoms with E-state index in [1.807, 2.05) is 32.0 Å². The summed E-state index contributed by atoms with van der Waals surface area (Å²) >= 11 is 3.41. The smallest absolute Gasteiger partial charge is 0.251 e. The van der Waals surface area contributed by atoms with Gasteiger partial charge in [0.1, 0.15) is 0 Å². The summed E-state index contributed by atoms with van der Waals surface area (Å²) in [6.07, 6.45) is 0.792. The summed E-state index contributed by atoms with van der Waals surface area (Å²) in [5.74, 6) is -0.0914. The first-order valence-corrected chi connectivity index (χ1v) is 7.66. The number of nitrogen functional groups attached to an aromatic ring is 1. The van der Waals surface area contributed by atoms with Gasteiger partial charge in [0.15, 0.2) is 0 Å². The zero-order valence-corrected chi connectivity index (χ0v) is 13.8. The Labute approximate surface area is 133 Å². The zero-order valence-electron chi connectivity index (χ0n) is 12.2. The third-order valence-corrected chi connectivity index (χ3v) is 3.90. The van der Waals surface area contributed by atoms with Crippen LogP contribution in [0.5, 0.6) is 0 Å². The van der Waals surface area contributed by atoms with Crippen molar-refractivity contribution in [2.24, 2.45) is 0 Å². The number of amides is 1. The Morgan fingerprint density at radius 1 is 1.24 bits per heavy atom. The lowest BCUT2D eigenvalue weighted by Crippen LogP contribution is -2.34. The standard InChI is InChI=1S/C17H19BrN2O/c1-11-3-6-14(10-16(11)19)17(21)20-12(2)9-13-4-7-15(18)8-5-13/h3-8,10,12H,9,19H2,1-2H3,(H,20,21). The Morgan fingerprint density at radius 2 is 1.90 bits per heavy atom. The normalized spacial score (nSPS) is 12.0. The maximum absolute atomic E-state index is 12.2. The lowest BCUT2D eigenvalue weighted by atomic mass is 10.1. The van der Waals surface area contributed by atoms with Crippen LogP contribution in [0.3, 0.4) is 0 Å². The fourth-order valence-corrected chi connectivity index (χ4v) is 2.38. The van der Waals surface area contributed by atoms with Crippen LogP contribution in [-0.2, 0) is 6.42 Å². The Balaban J connectivity index is 1.98. The Kier molecular flexibility index (Phi) is 5.02. The van der Waals surface area contributed by atoms with Gasteiger partial charge in [0.25, 0.3) is 5.91 Å². The number of hydrogen-bond donors (Lipinski definition) is 2. The SMILES string of the molecule is Cc1ccc(C(=O)NC(C)Cc2ccc(Br)cc2)cc1N. The molecule has 0 aliphatic carbocycles. The van der Waals surface area contributed by atoms with Crippen molar-refractivity contribution in [1.82, 2.24) is 5.32 Å². The average Bonchev–Trinajstić information content (AvgIpc) is 2.44. The fraction of sp³-hybridized carbons (Fsp3) is 0.235. The molecule has 1 unspecified atom stereocenters. The number of benzene rings is 2. The minimum Gasteiger partial charge on any atom is -0.398 e. The van der Waals surface area contributed by atoms with E-state index in [0.29, 0.717) is 11.3 Å². The molecule has 110 valence electrons. The van der Waals surface area contributed by atoms with Crippen LogP contribution < -0.4 is 11.1 Å². The molecule has 3 nitrogen and oxygen atoms in total. The molecular formula is C17H19BrN2O. The molecule has 2 aromatic carbocycles. The summed E-state index contributed by atoms with van der Waals surface area (Å²) in [7, 11) is 0. The predicted molar refractivity (Wildman–Crippen MR) is 90.4 cm³/mol. The van der Waals surface area contributed by atoms with Gasteiger partial charge in [-0.1, -0.05) is 34.1 Å². The van der Waals surface area contributed by atoms with Crippen molar-refractivity contribution in [2.75, 3.05) is 5.73 Å². The van der Waals surface area contributed by atoms with Gasteiger partial charge >= 0.3 is 0 Å². The molecule has 1 amide bonds. The van der Waals surface area contributed by atoms with E-state index in [2.05, 4.69) is 33.4 Å². The second-order valence-corrected chi connectivity index (χ2v) is 6.19. The van der Waals surface area contributed by atoms with Gasteiger partial charge in [-0.25, -0.2) is 0 Å². The molecule has 3 N–H and O–H groups in total. The minimum atomic E-state index is -0.0914. The molecular weight excluding hydrogens is 328 g/mol. The Hall–Kier alpha value is -1.81. The van der Waals surface area contributed by atoms with Gasteiger partial charge in [-0.3, -0.25) is 4.79 Å². The number of hydrogen-bond acceptors (Lipinski definition) is 2. The molecule has 0 aromatic heterocycles. The van der Waals surface area contributed by atoms with Gasteiger partial charge in [0, 0.05) is 21.8 Å². The van der Waals surface area contributed by atoms with Crippen molar-refractivity contribution in [1.29, 1.82) is 0 Å². The van der Waals surface area contributed by atoms with E-state index in [9.17, 15) is 4.79 Å². The second-order valence-electron chi connectivity index (χ2n) is 5.28. The van der Waals surface area contributed by atoms with Crippen LogP contribution in [-0.4, -0.2) is 11.9 Å². The highest BCUT2D eigenvalue weighted by molar-refractivity contribution is 9.10. The van der Waals surface area contributed by atoms with Crippen LogP contribution in [0.1, 0.15) is 28.4 Å². The van der Waals surface area contributed by atoms with Gasteiger partial charge < -0.3 is 11.1 Å². The Morgan fingerprint density at radius 3 is 2.52 bits per heavy atom. The molecule has 0 bridgehead atoms. The number of carbonyl (C=O) groups excluding carboxylic acids is 1. The maximum Gasteiger partial charge on any atom is 0.251 e. The third-order valence-electron chi connectivity index (χ3n) is 3.37. The molecule has 21 heavy (non-hydrogen) atoms. The van der Waals surface area contributed by atoms with Crippen molar-refractivity contribution in [3.63, 3.8) is 0 Å². The zero-order chi connectivity index (χ0) is 15.4. The summed E-state index contributed by atoms with van der Waals surface area (Å²) in [6.45, 7) is 3.92. The van der Waals surface area contributed by atoms with Gasteiger partial charge in [-0.05, 0) is 55.7 Å². The number of halogens is 1. The van der Waals surface area contributed by atoms with E-state index >= 15 is 0 Å². The summed E-state index contributed by atoms with van der Waals surface area (Å²) < 4.78 is 1.05. The topological polar surface area (TPSA) is 55.1 Å². The highest BCUT2D eigenvalue weighted by atomic mass is 79.9. The van der Waals surface area contributed by atoms with Crippen LogP contribution in [0.25, 0.3) is 0 Å². The van der Waals surface area contributed by atoms with E-state index in [1.165, 1.54) is 5.56 Å². The average molecular weight is 347 g/mol. The number of aryl methyl sites for hydroxylation is 1. The third kappa shape index (κ3) is 4.33. The first kappa shape index (κ1) is 15.6. The molecule has 0 radical (unpaired) electrons. The van der Waals surface area contributed by atoms with Crippen LogP contribution >= 0.6 is 15.9 Å². The molecule has 2 aromatic rings. The molecule has 0 fully saturated rings. The molecule has 0 saturated carbocycles. The highest BCUT2D eigenvalue weighted by Gasteiger charge is 2.11. The van der Waals surface area contributed by atoms with E-state index in [1.54, 1.807) is 12.1 Å². The molecule has 4 heteroatoms. The summed E-state index contributed by atoms with van der Waals surface area (Å²) in [5.41, 5.74) is 9.25. The van der Waals surface area contributed by atoms with E-state index < -0.39 is 0 Å². The minimum absolute atomic E-state index is 0.0567. The Bertz CT molecular complexity index is 638. The lowest BCUT2D eigenvalue weighted by Gasteiger charge is -2.14. The monoisotopic (exact) mass is 346 g/mol. The largest absolute Gasteiger partial charge is 0.398 e. The van der Waals surface area contributed by atoms with E-state index in [4.69, 9.17) is 5.73 Å². The van der Waals surface area contributed by atoms with Crippen LogP contribution in [0, 0.1) is 6.92 Å². The highest BCUT2D eigenvalue weighted by Crippen LogP contribution is 2.14. The summed E-state index contributed by atoms with van der Waals surface area (Å²) in [4.78, 5) is 12.2. The molecule has 1 atom stereocenters. The van der Waals surface area contributed by atoms with Gasteiger partial charge in [-0.15, -0.1) is 0 Å².